The van der Waals surface area contributed by atoms with Crippen molar-refractivity contribution in [2.75, 3.05) is 19.4 Å². The Morgan fingerprint density at radius 3 is 2.78 bits per heavy atom. The Labute approximate surface area is 140 Å². The molecule has 0 saturated carbocycles. The summed E-state index contributed by atoms with van der Waals surface area (Å²) in [6.07, 6.45) is 6.69. The van der Waals surface area contributed by atoms with Crippen LogP contribution in [0.15, 0.2) is 42.1 Å². The third-order valence-corrected chi connectivity index (χ3v) is 4.92. The predicted octanol–water partition coefficient (Wildman–Crippen LogP) is 1.79. The van der Waals surface area contributed by atoms with Gasteiger partial charge in [-0.1, -0.05) is 12.2 Å². The zero-order valence-electron chi connectivity index (χ0n) is 12.9. The summed E-state index contributed by atoms with van der Waals surface area (Å²) in [6.45, 7) is 0. The molecule has 2 aliphatic rings. The van der Waals surface area contributed by atoms with Crippen molar-refractivity contribution in [2.24, 2.45) is 0 Å². The van der Waals surface area contributed by atoms with Crippen molar-refractivity contribution in [3.63, 3.8) is 0 Å². The summed E-state index contributed by atoms with van der Waals surface area (Å²) in [4.78, 5) is 11.1. The smallest absolute Gasteiger partial charge is 0.335 e. The molecule has 2 atom stereocenters. The van der Waals surface area contributed by atoms with E-state index in [4.69, 9.17) is 22.5 Å². The summed E-state index contributed by atoms with van der Waals surface area (Å²) in [5, 5.41) is 17.7. The minimum absolute atomic E-state index is 0.201. The Hall–Kier alpha value is -2.12. The van der Waals surface area contributed by atoms with Crippen molar-refractivity contribution in [1.29, 1.82) is 0 Å². The monoisotopic (exact) mass is 333 g/mol. The molecule has 1 aliphatic heterocycles. The van der Waals surface area contributed by atoms with Gasteiger partial charge in [0.25, 0.3) is 0 Å². The summed E-state index contributed by atoms with van der Waals surface area (Å²) in [5.41, 5.74) is 1.26. The quantitative estimate of drug-likeness (QED) is 0.541. The van der Waals surface area contributed by atoms with E-state index in [1.54, 1.807) is 12.1 Å². The van der Waals surface area contributed by atoms with Gasteiger partial charge in [0.05, 0.1) is 11.3 Å². The lowest BCUT2D eigenvalue weighted by molar-refractivity contribution is 0.0697. The van der Waals surface area contributed by atoms with E-state index in [2.05, 4.69) is 22.0 Å². The number of carboxylic acids is 1. The average molecular weight is 333 g/mol. The van der Waals surface area contributed by atoms with Gasteiger partial charge < -0.3 is 25.8 Å². The highest BCUT2D eigenvalue weighted by Crippen LogP contribution is 2.46. The van der Waals surface area contributed by atoms with Gasteiger partial charge in [-0.05, 0) is 37.7 Å². The molecule has 0 radical (unpaired) electrons. The third kappa shape index (κ3) is 2.46. The summed E-state index contributed by atoms with van der Waals surface area (Å²) < 4.78 is 6.03. The molecule has 1 aromatic rings. The Morgan fingerprint density at radius 2 is 2.22 bits per heavy atom. The van der Waals surface area contributed by atoms with Crippen LogP contribution >= 0.6 is 12.6 Å². The van der Waals surface area contributed by atoms with Gasteiger partial charge in [-0.2, -0.15) is 0 Å². The number of likely N-dealkylation sites (N-methyl/N-ethyl adjacent to an activating group) is 2. The molecule has 1 heterocycles. The lowest BCUT2D eigenvalue weighted by Crippen LogP contribution is -2.63. The highest BCUT2D eigenvalue weighted by Gasteiger charge is 2.53. The number of benzene rings is 1. The van der Waals surface area contributed by atoms with E-state index in [9.17, 15) is 4.79 Å². The maximum Gasteiger partial charge on any atom is 0.335 e. The molecule has 7 heteroatoms. The van der Waals surface area contributed by atoms with Gasteiger partial charge in [0.1, 0.15) is 11.3 Å². The van der Waals surface area contributed by atoms with Crippen molar-refractivity contribution in [1.82, 2.24) is 10.6 Å². The first-order valence-electron chi connectivity index (χ1n) is 7.26. The van der Waals surface area contributed by atoms with Crippen molar-refractivity contribution in [2.45, 2.75) is 17.0 Å². The van der Waals surface area contributed by atoms with E-state index in [1.807, 2.05) is 26.2 Å². The molecule has 0 spiro atoms. The number of aromatic carboxylic acids is 1. The van der Waals surface area contributed by atoms with E-state index >= 15 is 0 Å². The van der Waals surface area contributed by atoms with Gasteiger partial charge in [-0.3, -0.25) is 0 Å². The maximum atomic E-state index is 11.1. The number of ether oxygens (including phenoxy) is 1. The van der Waals surface area contributed by atoms with Crippen LogP contribution in [0.25, 0.3) is 0 Å². The maximum absolute atomic E-state index is 11.1. The van der Waals surface area contributed by atoms with Crippen molar-refractivity contribution < 1.29 is 14.6 Å². The molecule has 0 amide bonds. The highest BCUT2D eigenvalue weighted by molar-refractivity contribution is 7.81. The highest BCUT2D eigenvalue weighted by atomic mass is 32.1. The molecule has 4 N–H and O–H groups in total. The number of hydrogen-bond acceptors (Lipinski definition) is 6. The Kier molecular flexibility index (Phi) is 3.77. The molecular formula is C16H19N3O3S. The molecule has 2 unspecified atom stereocenters. The van der Waals surface area contributed by atoms with Gasteiger partial charge in [0.2, 0.25) is 5.06 Å². The Balaban J connectivity index is 1.93. The van der Waals surface area contributed by atoms with Crippen molar-refractivity contribution in [3.05, 3.63) is 47.7 Å². The summed E-state index contributed by atoms with van der Waals surface area (Å²) in [7, 11) is 3.71. The first-order chi connectivity index (χ1) is 10.9. The van der Waals surface area contributed by atoms with E-state index in [-0.39, 0.29) is 5.56 Å². The molecule has 0 fully saturated rings. The van der Waals surface area contributed by atoms with Crippen LogP contribution in [0.3, 0.4) is 0 Å². The van der Waals surface area contributed by atoms with Gasteiger partial charge in [-0.15, -0.1) is 12.6 Å². The molecule has 0 bridgehead atoms. The second kappa shape index (κ2) is 5.50. The number of thiol groups is 1. The van der Waals surface area contributed by atoms with Gasteiger partial charge in [0, 0.05) is 12.7 Å². The Morgan fingerprint density at radius 1 is 1.43 bits per heavy atom. The number of carbonyl (C=O) groups is 1. The minimum atomic E-state index is -1.03. The SMILES string of the molecule is CNC1=CCC(NC)(C2(S)Nc3cc(C(=O)O)ccc3O2)C=C1. The van der Waals surface area contributed by atoms with Crippen LogP contribution in [0.1, 0.15) is 16.8 Å². The fourth-order valence-corrected chi connectivity index (χ4v) is 3.35. The zero-order valence-corrected chi connectivity index (χ0v) is 13.8. The van der Waals surface area contributed by atoms with Crippen LogP contribution in [0.5, 0.6) is 5.75 Å². The summed E-state index contributed by atoms with van der Waals surface area (Å²) in [5.74, 6) is -0.398. The second-order valence-corrected chi connectivity index (χ2v) is 6.19. The third-order valence-electron chi connectivity index (χ3n) is 4.32. The van der Waals surface area contributed by atoms with Crippen LogP contribution in [0.2, 0.25) is 0 Å². The minimum Gasteiger partial charge on any atom is -0.478 e. The van der Waals surface area contributed by atoms with Crippen LogP contribution in [-0.2, 0) is 0 Å². The number of fused-ring (bicyclic) bond motifs is 1. The molecule has 1 aromatic carbocycles. The lowest BCUT2D eigenvalue weighted by Gasteiger charge is -2.43. The molecule has 0 aromatic heterocycles. The van der Waals surface area contributed by atoms with Crippen LogP contribution in [0.4, 0.5) is 5.69 Å². The van der Waals surface area contributed by atoms with E-state index in [0.29, 0.717) is 17.9 Å². The molecule has 1 aliphatic carbocycles. The molecular weight excluding hydrogens is 314 g/mol. The second-order valence-electron chi connectivity index (χ2n) is 5.56. The van der Waals surface area contributed by atoms with E-state index < -0.39 is 16.6 Å². The number of nitrogens with one attached hydrogen (secondary N) is 3. The van der Waals surface area contributed by atoms with Crippen molar-refractivity contribution >= 4 is 24.3 Å². The van der Waals surface area contributed by atoms with Gasteiger partial charge in [-0.25, -0.2) is 4.79 Å². The predicted molar refractivity (Wildman–Crippen MR) is 92.1 cm³/mol. The van der Waals surface area contributed by atoms with Crippen molar-refractivity contribution in [3.8, 4) is 5.75 Å². The fraction of sp³-hybridized carbons (Fsp3) is 0.312. The number of anilines is 1. The first kappa shape index (κ1) is 15.8. The number of allylic oxidation sites excluding steroid dienone is 1. The number of hydrogen-bond donors (Lipinski definition) is 5. The number of carboxylic acid groups (broad SMARTS) is 1. The molecule has 3 rings (SSSR count). The van der Waals surface area contributed by atoms with Gasteiger partial charge >= 0.3 is 5.97 Å². The summed E-state index contributed by atoms with van der Waals surface area (Å²) in [6, 6.07) is 4.72. The normalized spacial score (nSPS) is 28.4. The van der Waals surface area contributed by atoms with Crippen LogP contribution < -0.4 is 20.7 Å². The summed E-state index contributed by atoms with van der Waals surface area (Å²) >= 11 is 4.74. The molecule has 6 nitrogen and oxygen atoms in total. The Bertz CT molecular complexity index is 719. The van der Waals surface area contributed by atoms with Crippen LogP contribution in [0, 0.1) is 0 Å². The number of rotatable bonds is 4. The zero-order chi connectivity index (χ0) is 16.7. The standard InChI is InChI=1S/C16H19N3O3S/c1-17-11-5-7-15(18-2,8-6-11)16(23)19-12-9-10(14(20)21)3-4-13(12)22-16/h3-7,9,17-19,23H,8H2,1-2H3,(H,20,21). The van der Waals surface area contributed by atoms with E-state index in [1.165, 1.54) is 6.07 Å². The first-order valence-corrected chi connectivity index (χ1v) is 7.71. The van der Waals surface area contributed by atoms with Gasteiger partial charge in [0.15, 0.2) is 0 Å². The molecule has 23 heavy (non-hydrogen) atoms. The molecule has 122 valence electrons. The lowest BCUT2D eigenvalue weighted by atomic mass is 9.87. The molecule has 0 saturated heterocycles. The average Bonchev–Trinajstić information content (AvgIpc) is 2.91. The van der Waals surface area contributed by atoms with E-state index in [0.717, 1.165) is 5.70 Å². The fourth-order valence-electron chi connectivity index (χ4n) is 2.85. The topological polar surface area (TPSA) is 82.6 Å². The van der Waals surface area contributed by atoms with Crippen LogP contribution in [-0.4, -0.2) is 35.8 Å². The largest absolute Gasteiger partial charge is 0.478 e.